The van der Waals surface area contributed by atoms with Crippen molar-refractivity contribution in [2.45, 2.75) is 51.6 Å². The lowest BCUT2D eigenvalue weighted by Crippen LogP contribution is -2.52. The third-order valence-electron chi connectivity index (χ3n) is 4.50. The van der Waals surface area contributed by atoms with Gasteiger partial charge in [0.05, 0.1) is 19.8 Å². The van der Waals surface area contributed by atoms with Crippen LogP contribution in [0.4, 0.5) is 0 Å². The maximum atomic E-state index is 5.61. The minimum absolute atomic E-state index is 0.289. The summed E-state index contributed by atoms with van der Waals surface area (Å²) in [5.41, 5.74) is 0.289. The normalized spacial score (nSPS) is 24.3. The highest BCUT2D eigenvalue weighted by Crippen LogP contribution is 2.22. The summed E-state index contributed by atoms with van der Waals surface area (Å²) in [6, 6.07) is 0.638. The van der Waals surface area contributed by atoms with Crippen molar-refractivity contribution in [3.63, 3.8) is 0 Å². The topological polar surface area (TPSA) is 33.7 Å². The molecule has 0 saturated carbocycles. The first kappa shape index (κ1) is 16.9. The van der Waals surface area contributed by atoms with Crippen LogP contribution < -0.4 is 5.32 Å². The van der Waals surface area contributed by atoms with Gasteiger partial charge in [0.15, 0.2) is 0 Å². The summed E-state index contributed by atoms with van der Waals surface area (Å²) in [5, 5.41) is 3.76. The van der Waals surface area contributed by atoms with Gasteiger partial charge in [-0.1, -0.05) is 13.8 Å². The van der Waals surface area contributed by atoms with Crippen LogP contribution in [0.15, 0.2) is 0 Å². The Hall–Kier alpha value is -0.160. The van der Waals surface area contributed by atoms with E-state index in [1.165, 1.54) is 19.3 Å². The second kappa shape index (κ2) is 8.90. The summed E-state index contributed by atoms with van der Waals surface area (Å²) in [6.45, 7) is 12.4. The Morgan fingerprint density at radius 1 is 1.21 bits per heavy atom. The summed E-state index contributed by atoms with van der Waals surface area (Å²) < 4.78 is 10.6. The van der Waals surface area contributed by atoms with Crippen LogP contribution in [-0.4, -0.2) is 63.0 Å². The largest absolute Gasteiger partial charge is 0.382 e. The van der Waals surface area contributed by atoms with E-state index in [1.807, 2.05) is 0 Å². The number of methoxy groups -OCH3 is 1. The van der Waals surface area contributed by atoms with E-state index in [-0.39, 0.29) is 5.54 Å². The predicted octanol–water partition coefficient (Wildman–Crippen LogP) is 1.89. The number of nitrogens with one attached hydrogen (secondary N) is 1. The Bertz CT molecular complexity index is 232. The van der Waals surface area contributed by atoms with Crippen LogP contribution in [0, 0.1) is 0 Å². The lowest BCUT2D eigenvalue weighted by atomic mass is 9.92. The van der Waals surface area contributed by atoms with Gasteiger partial charge in [0.2, 0.25) is 0 Å². The van der Waals surface area contributed by atoms with Crippen molar-refractivity contribution in [1.82, 2.24) is 10.2 Å². The second-order valence-electron chi connectivity index (χ2n) is 5.63. The molecule has 19 heavy (non-hydrogen) atoms. The molecule has 4 heteroatoms. The van der Waals surface area contributed by atoms with Crippen LogP contribution >= 0.6 is 0 Å². The lowest BCUT2D eigenvalue weighted by Gasteiger charge is -2.37. The van der Waals surface area contributed by atoms with Gasteiger partial charge >= 0.3 is 0 Å². The highest BCUT2D eigenvalue weighted by Gasteiger charge is 2.32. The van der Waals surface area contributed by atoms with Crippen molar-refractivity contribution < 1.29 is 9.47 Å². The van der Waals surface area contributed by atoms with E-state index in [0.717, 1.165) is 26.2 Å². The molecule has 1 N–H and O–H groups in total. The van der Waals surface area contributed by atoms with Crippen molar-refractivity contribution in [1.29, 1.82) is 0 Å². The van der Waals surface area contributed by atoms with Crippen LogP contribution in [0.2, 0.25) is 0 Å². The SMILES string of the molecule is CCC1(CC)CN(CCOCCOC)C(C)CCN1. The molecule has 0 amide bonds. The molecule has 0 aromatic carbocycles. The number of rotatable bonds is 8. The Balaban J connectivity index is 2.43. The van der Waals surface area contributed by atoms with Gasteiger partial charge in [0, 0.05) is 31.8 Å². The van der Waals surface area contributed by atoms with Crippen LogP contribution in [0.5, 0.6) is 0 Å². The quantitative estimate of drug-likeness (QED) is 0.684. The highest BCUT2D eigenvalue weighted by atomic mass is 16.5. The van der Waals surface area contributed by atoms with Gasteiger partial charge in [0.1, 0.15) is 0 Å². The molecule has 0 bridgehead atoms. The van der Waals surface area contributed by atoms with E-state index in [9.17, 15) is 0 Å². The van der Waals surface area contributed by atoms with E-state index in [1.54, 1.807) is 7.11 Å². The van der Waals surface area contributed by atoms with Crippen molar-refractivity contribution in [3.05, 3.63) is 0 Å². The van der Waals surface area contributed by atoms with Gasteiger partial charge < -0.3 is 14.8 Å². The summed E-state index contributed by atoms with van der Waals surface area (Å²) >= 11 is 0. The van der Waals surface area contributed by atoms with E-state index in [2.05, 4.69) is 31.0 Å². The zero-order valence-corrected chi connectivity index (χ0v) is 13.2. The Labute approximate surface area is 118 Å². The van der Waals surface area contributed by atoms with Gasteiger partial charge in [-0.15, -0.1) is 0 Å². The Kier molecular flexibility index (Phi) is 7.91. The maximum Gasteiger partial charge on any atom is 0.0700 e. The van der Waals surface area contributed by atoms with Gasteiger partial charge in [-0.2, -0.15) is 0 Å². The molecule has 1 unspecified atom stereocenters. The fourth-order valence-electron chi connectivity index (χ4n) is 2.78. The third-order valence-corrected chi connectivity index (χ3v) is 4.50. The van der Waals surface area contributed by atoms with Crippen LogP contribution in [-0.2, 0) is 9.47 Å². The first-order chi connectivity index (χ1) is 9.17. The summed E-state index contributed by atoms with van der Waals surface area (Å²) in [7, 11) is 1.71. The molecule has 1 heterocycles. The molecule has 1 aliphatic heterocycles. The van der Waals surface area contributed by atoms with Crippen molar-refractivity contribution in [2.75, 3.05) is 46.6 Å². The molecule has 1 saturated heterocycles. The van der Waals surface area contributed by atoms with Crippen molar-refractivity contribution in [3.8, 4) is 0 Å². The summed E-state index contributed by atoms with van der Waals surface area (Å²) in [6.07, 6.45) is 3.61. The molecule has 0 aliphatic carbocycles. The predicted molar refractivity (Wildman–Crippen MR) is 79.7 cm³/mol. The molecule has 0 radical (unpaired) electrons. The molecule has 1 atom stereocenters. The van der Waals surface area contributed by atoms with E-state index in [0.29, 0.717) is 19.3 Å². The van der Waals surface area contributed by atoms with Crippen LogP contribution in [0.25, 0.3) is 0 Å². The van der Waals surface area contributed by atoms with Gasteiger partial charge in [-0.25, -0.2) is 0 Å². The fourth-order valence-corrected chi connectivity index (χ4v) is 2.78. The number of hydrogen-bond donors (Lipinski definition) is 1. The first-order valence-corrected chi connectivity index (χ1v) is 7.73. The van der Waals surface area contributed by atoms with Gasteiger partial charge in [-0.05, 0) is 32.7 Å². The highest BCUT2D eigenvalue weighted by molar-refractivity contribution is 4.93. The minimum atomic E-state index is 0.289. The van der Waals surface area contributed by atoms with E-state index in [4.69, 9.17) is 9.47 Å². The standard InChI is InChI=1S/C15H32N2O2/c1-5-15(6-2)13-17(14(3)7-8-16-15)9-10-19-12-11-18-4/h14,16H,5-13H2,1-4H3. The minimum Gasteiger partial charge on any atom is -0.382 e. The Morgan fingerprint density at radius 2 is 1.95 bits per heavy atom. The smallest absolute Gasteiger partial charge is 0.0700 e. The van der Waals surface area contributed by atoms with Gasteiger partial charge in [0.25, 0.3) is 0 Å². The Morgan fingerprint density at radius 3 is 2.58 bits per heavy atom. The zero-order chi connectivity index (χ0) is 14.1. The molecule has 0 aromatic rings. The molecule has 114 valence electrons. The van der Waals surface area contributed by atoms with Crippen molar-refractivity contribution in [2.24, 2.45) is 0 Å². The fraction of sp³-hybridized carbons (Fsp3) is 1.00. The third kappa shape index (κ3) is 5.38. The first-order valence-electron chi connectivity index (χ1n) is 7.73. The average molecular weight is 272 g/mol. The number of nitrogens with zero attached hydrogens (tertiary/aromatic N) is 1. The number of hydrogen-bond acceptors (Lipinski definition) is 4. The monoisotopic (exact) mass is 272 g/mol. The van der Waals surface area contributed by atoms with Crippen molar-refractivity contribution >= 4 is 0 Å². The molecular formula is C15H32N2O2. The number of ether oxygens (including phenoxy) is 2. The van der Waals surface area contributed by atoms with E-state index < -0.39 is 0 Å². The molecule has 4 nitrogen and oxygen atoms in total. The second-order valence-corrected chi connectivity index (χ2v) is 5.63. The molecule has 1 rings (SSSR count). The van der Waals surface area contributed by atoms with E-state index >= 15 is 0 Å². The molecule has 0 aromatic heterocycles. The summed E-state index contributed by atoms with van der Waals surface area (Å²) in [4.78, 5) is 2.58. The molecule has 1 aliphatic rings. The summed E-state index contributed by atoms with van der Waals surface area (Å²) in [5.74, 6) is 0. The molecule has 0 spiro atoms. The van der Waals surface area contributed by atoms with Crippen LogP contribution in [0.1, 0.15) is 40.0 Å². The van der Waals surface area contributed by atoms with Crippen LogP contribution in [0.3, 0.4) is 0 Å². The average Bonchev–Trinajstić information content (AvgIpc) is 2.59. The molecule has 1 fully saturated rings. The molecular weight excluding hydrogens is 240 g/mol. The lowest BCUT2D eigenvalue weighted by molar-refractivity contribution is 0.0461. The maximum absolute atomic E-state index is 5.61. The zero-order valence-electron chi connectivity index (χ0n) is 13.2. The van der Waals surface area contributed by atoms with Gasteiger partial charge in [-0.3, -0.25) is 4.90 Å².